The molecular formula is C15H12O4. The number of fused-ring (bicyclic) bond motifs is 1. The summed E-state index contributed by atoms with van der Waals surface area (Å²) < 4.78 is 5.49. The lowest BCUT2D eigenvalue weighted by Crippen LogP contribution is -2.19. The van der Waals surface area contributed by atoms with Crippen molar-refractivity contribution in [1.82, 2.24) is 0 Å². The Morgan fingerprint density at radius 2 is 1.68 bits per heavy atom. The number of ether oxygens (including phenoxy) is 1. The molecule has 0 bridgehead atoms. The van der Waals surface area contributed by atoms with Gasteiger partial charge in [0, 0.05) is 23.3 Å². The van der Waals surface area contributed by atoms with Crippen molar-refractivity contribution in [2.45, 2.75) is 6.10 Å². The van der Waals surface area contributed by atoms with E-state index in [4.69, 9.17) is 4.74 Å². The van der Waals surface area contributed by atoms with Crippen LogP contribution < -0.4 is 0 Å². The number of benzene rings is 1. The van der Waals surface area contributed by atoms with Crippen molar-refractivity contribution < 1.29 is 20.1 Å². The molecule has 1 aromatic carbocycles. The highest BCUT2D eigenvalue weighted by Crippen LogP contribution is 2.32. The first-order valence-electron chi connectivity index (χ1n) is 5.82. The van der Waals surface area contributed by atoms with E-state index in [0.717, 1.165) is 11.1 Å². The Morgan fingerprint density at radius 1 is 0.947 bits per heavy atom. The van der Waals surface area contributed by atoms with Crippen LogP contribution in [0.2, 0.25) is 0 Å². The molecule has 0 saturated heterocycles. The molecule has 1 aliphatic heterocycles. The summed E-state index contributed by atoms with van der Waals surface area (Å²) in [6.07, 6.45) is 5.71. The average molecular weight is 256 g/mol. The summed E-state index contributed by atoms with van der Waals surface area (Å²) in [5, 5.41) is 28.5. The number of hydrogen-bond acceptors (Lipinski definition) is 4. The second kappa shape index (κ2) is 4.24. The average Bonchev–Trinajstić information content (AvgIpc) is 2.39. The fourth-order valence-electron chi connectivity index (χ4n) is 2.08. The first-order chi connectivity index (χ1) is 9.13. The monoisotopic (exact) mass is 256 g/mol. The van der Waals surface area contributed by atoms with Crippen LogP contribution in [0.25, 0.3) is 5.57 Å². The summed E-state index contributed by atoms with van der Waals surface area (Å²) in [5.41, 5.74) is 2.26. The van der Waals surface area contributed by atoms with Gasteiger partial charge in [0.2, 0.25) is 0 Å². The Kier molecular flexibility index (Phi) is 2.56. The van der Waals surface area contributed by atoms with E-state index in [2.05, 4.69) is 0 Å². The molecule has 0 amide bonds. The van der Waals surface area contributed by atoms with Crippen LogP contribution in [0.1, 0.15) is 5.56 Å². The number of rotatable bonds is 1. The molecule has 0 radical (unpaired) electrons. The minimum Gasteiger partial charge on any atom is -0.508 e. The maximum Gasteiger partial charge on any atom is 0.148 e. The molecular weight excluding hydrogens is 244 g/mol. The van der Waals surface area contributed by atoms with Gasteiger partial charge in [0.1, 0.15) is 23.4 Å². The Labute approximate surface area is 109 Å². The zero-order valence-electron chi connectivity index (χ0n) is 9.95. The second-order valence-corrected chi connectivity index (χ2v) is 4.40. The molecule has 0 fully saturated rings. The van der Waals surface area contributed by atoms with Gasteiger partial charge in [0.05, 0.1) is 6.26 Å². The third kappa shape index (κ3) is 2.08. The van der Waals surface area contributed by atoms with Crippen LogP contribution in [-0.2, 0) is 4.74 Å². The molecule has 1 atom stereocenters. The van der Waals surface area contributed by atoms with Crippen LogP contribution in [0, 0.1) is 0 Å². The molecule has 2 aliphatic rings. The van der Waals surface area contributed by atoms with Crippen molar-refractivity contribution >= 4 is 5.57 Å². The van der Waals surface area contributed by atoms with E-state index in [1.165, 1.54) is 12.2 Å². The Bertz CT molecular complexity index is 633. The zero-order chi connectivity index (χ0) is 13.4. The van der Waals surface area contributed by atoms with Crippen molar-refractivity contribution in [2.75, 3.05) is 0 Å². The Hall–Kier alpha value is -2.62. The lowest BCUT2D eigenvalue weighted by atomic mass is 9.95. The SMILES string of the molecule is OC1=CC2OC=C(c3ccc(O)cc3)C=C2C(O)=C1. The van der Waals surface area contributed by atoms with Gasteiger partial charge in [-0.15, -0.1) is 0 Å². The third-order valence-electron chi connectivity index (χ3n) is 3.06. The standard InChI is InChI=1S/C15H12O4/c16-11-3-1-9(2-4-11)10-5-13-14(18)6-12(17)7-15(13)19-8-10/h1-8,15-18H. The molecule has 4 nitrogen and oxygen atoms in total. The van der Waals surface area contributed by atoms with E-state index in [-0.39, 0.29) is 17.3 Å². The number of hydrogen-bond donors (Lipinski definition) is 3. The second-order valence-electron chi connectivity index (χ2n) is 4.40. The largest absolute Gasteiger partial charge is 0.508 e. The highest BCUT2D eigenvalue weighted by atomic mass is 16.5. The van der Waals surface area contributed by atoms with Crippen LogP contribution in [0.15, 0.2) is 65.8 Å². The Morgan fingerprint density at radius 3 is 2.42 bits per heavy atom. The molecule has 4 heteroatoms. The van der Waals surface area contributed by atoms with Gasteiger partial charge in [-0.1, -0.05) is 12.1 Å². The molecule has 0 spiro atoms. The van der Waals surface area contributed by atoms with Crippen molar-refractivity contribution in [3.05, 3.63) is 71.4 Å². The number of phenolic OH excluding ortho intramolecular Hbond substituents is 1. The zero-order valence-corrected chi connectivity index (χ0v) is 9.95. The topological polar surface area (TPSA) is 69.9 Å². The minimum atomic E-state index is -0.467. The van der Waals surface area contributed by atoms with Gasteiger partial charge in [-0.3, -0.25) is 0 Å². The summed E-state index contributed by atoms with van der Waals surface area (Å²) in [4.78, 5) is 0. The number of aromatic hydroxyl groups is 1. The molecule has 1 aliphatic carbocycles. The fraction of sp³-hybridized carbons (Fsp3) is 0.0667. The molecule has 0 saturated carbocycles. The predicted molar refractivity (Wildman–Crippen MR) is 70.5 cm³/mol. The van der Waals surface area contributed by atoms with Gasteiger partial charge in [0.25, 0.3) is 0 Å². The third-order valence-corrected chi connectivity index (χ3v) is 3.06. The van der Waals surface area contributed by atoms with E-state index in [9.17, 15) is 15.3 Å². The number of allylic oxidation sites excluding steroid dienone is 3. The maximum atomic E-state index is 9.83. The highest BCUT2D eigenvalue weighted by Gasteiger charge is 2.25. The molecule has 3 N–H and O–H groups in total. The molecule has 1 heterocycles. The van der Waals surface area contributed by atoms with Gasteiger partial charge in [0.15, 0.2) is 0 Å². The van der Waals surface area contributed by atoms with Crippen LogP contribution in [-0.4, -0.2) is 21.4 Å². The van der Waals surface area contributed by atoms with E-state index in [1.54, 1.807) is 36.6 Å². The number of phenols is 1. The van der Waals surface area contributed by atoms with Gasteiger partial charge >= 0.3 is 0 Å². The van der Waals surface area contributed by atoms with Crippen LogP contribution >= 0.6 is 0 Å². The number of aliphatic hydroxyl groups excluding tert-OH is 2. The summed E-state index contributed by atoms with van der Waals surface area (Å²) in [7, 11) is 0. The molecule has 1 unspecified atom stereocenters. The van der Waals surface area contributed by atoms with Crippen molar-refractivity contribution in [3.63, 3.8) is 0 Å². The van der Waals surface area contributed by atoms with Crippen molar-refractivity contribution in [2.24, 2.45) is 0 Å². The molecule has 3 rings (SSSR count). The quantitative estimate of drug-likeness (QED) is 0.722. The van der Waals surface area contributed by atoms with E-state index in [1.807, 2.05) is 0 Å². The summed E-state index contributed by atoms with van der Waals surface area (Å²) >= 11 is 0. The van der Waals surface area contributed by atoms with Crippen LogP contribution in [0.4, 0.5) is 0 Å². The minimum absolute atomic E-state index is 0.00521. The van der Waals surface area contributed by atoms with Crippen molar-refractivity contribution in [3.8, 4) is 5.75 Å². The van der Waals surface area contributed by atoms with E-state index in [0.29, 0.717) is 5.57 Å². The molecule has 0 aromatic heterocycles. The summed E-state index contributed by atoms with van der Waals surface area (Å²) in [6.45, 7) is 0. The van der Waals surface area contributed by atoms with Crippen molar-refractivity contribution in [1.29, 1.82) is 0 Å². The lowest BCUT2D eigenvalue weighted by molar-refractivity contribution is 0.200. The summed E-state index contributed by atoms with van der Waals surface area (Å²) in [6, 6.07) is 6.70. The van der Waals surface area contributed by atoms with Gasteiger partial charge in [-0.25, -0.2) is 0 Å². The normalized spacial score (nSPS) is 21.4. The van der Waals surface area contributed by atoms with E-state index >= 15 is 0 Å². The maximum absolute atomic E-state index is 9.83. The first-order valence-corrected chi connectivity index (χ1v) is 5.82. The fourth-order valence-corrected chi connectivity index (χ4v) is 2.08. The smallest absolute Gasteiger partial charge is 0.148 e. The molecule has 19 heavy (non-hydrogen) atoms. The van der Waals surface area contributed by atoms with E-state index < -0.39 is 6.10 Å². The van der Waals surface area contributed by atoms with Gasteiger partial charge < -0.3 is 20.1 Å². The van der Waals surface area contributed by atoms with Gasteiger partial charge in [-0.05, 0) is 23.8 Å². The highest BCUT2D eigenvalue weighted by molar-refractivity contribution is 5.76. The molecule has 96 valence electrons. The van der Waals surface area contributed by atoms with Crippen LogP contribution in [0.3, 0.4) is 0 Å². The number of aliphatic hydroxyl groups is 2. The lowest BCUT2D eigenvalue weighted by Gasteiger charge is -2.24. The molecule has 1 aromatic rings. The predicted octanol–water partition coefficient (Wildman–Crippen LogP) is 2.96. The summed E-state index contributed by atoms with van der Waals surface area (Å²) in [5.74, 6) is 0.176. The van der Waals surface area contributed by atoms with Crippen LogP contribution in [0.5, 0.6) is 5.75 Å². The Balaban J connectivity index is 1.96. The first kappa shape index (κ1) is 11.5. The van der Waals surface area contributed by atoms with Gasteiger partial charge in [-0.2, -0.15) is 0 Å².